The Hall–Kier alpha value is -1.27. The molecule has 1 aliphatic rings. The molecule has 0 atom stereocenters. The highest BCUT2D eigenvalue weighted by Gasteiger charge is 2.34. The zero-order valence-corrected chi connectivity index (χ0v) is 11.8. The Balaban J connectivity index is 2.09. The summed E-state index contributed by atoms with van der Waals surface area (Å²) in [6, 6.07) is 4.17. The lowest BCUT2D eigenvalue weighted by Crippen LogP contribution is -2.22. The molecule has 3 nitrogen and oxygen atoms in total. The third-order valence-electron chi connectivity index (χ3n) is 3.60. The number of ether oxygens (including phenoxy) is 2. The van der Waals surface area contributed by atoms with Crippen LogP contribution in [0.15, 0.2) is 18.2 Å². The van der Waals surface area contributed by atoms with E-state index >= 15 is 0 Å². The average molecular weight is 303 g/mol. The molecule has 0 aliphatic carbocycles. The summed E-state index contributed by atoms with van der Waals surface area (Å²) in [5.41, 5.74) is 5.24. The van der Waals surface area contributed by atoms with E-state index in [4.69, 9.17) is 15.2 Å². The molecule has 0 amide bonds. The third kappa shape index (κ3) is 4.61. The van der Waals surface area contributed by atoms with Gasteiger partial charge in [-0.2, -0.15) is 13.2 Å². The summed E-state index contributed by atoms with van der Waals surface area (Å²) in [4.78, 5) is 0. The maximum Gasteiger partial charge on any atom is 0.419 e. The van der Waals surface area contributed by atoms with Crippen molar-refractivity contribution < 1.29 is 22.6 Å². The minimum absolute atomic E-state index is 0.102. The fraction of sp³-hybridized carbons (Fsp3) is 0.600. The van der Waals surface area contributed by atoms with E-state index in [9.17, 15) is 13.2 Å². The van der Waals surface area contributed by atoms with Gasteiger partial charge in [-0.15, -0.1) is 0 Å². The Morgan fingerprint density at radius 2 is 1.95 bits per heavy atom. The van der Waals surface area contributed by atoms with Gasteiger partial charge in [-0.1, -0.05) is 6.07 Å². The van der Waals surface area contributed by atoms with Crippen LogP contribution in [0.1, 0.15) is 24.0 Å². The molecule has 6 heteroatoms. The van der Waals surface area contributed by atoms with Crippen molar-refractivity contribution in [1.29, 1.82) is 0 Å². The van der Waals surface area contributed by atoms with Crippen LogP contribution in [0.4, 0.5) is 13.2 Å². The minimum Gasteiger partial charge on any atom is -0.493 e. The second-order valence-corrected chi connectivity index (χ2v) is 5.23. The fourth-order valence-electron chi connectivity index (χ4n) is 2.37. The zero-order chi connectivity index (χ0) is 15.3. The molecule has 0 radical (unpaired) electrons. The maximum absolute atomic E-state index is 13.1. The van der Waals surface area contributed by atoms with Crippen LogP contribution in [0.25, 0.3) is 0 Å². The number of benzene rings is 1. The van der Waals surface area contributed by atoms with E-state index in [1.807, 2.05) is 0 Å². The molecule has 0 aromatic heterocycles. The Morgan fingerprint density at radius 1 is 1.24 bits per heavy atom. The SMILES string of the molecule is NCCc1ccc(OCC2CCOCC2)c(C(F)(F)F)c1. The molecule has 0 bridgehead atoms. The topological polar surface area (TPSA) is 44.5 Å². The lowest BCUT2D eigenvalue weighted by atomic mass is 10.0. The molecule has 21 heavy (non-hydrogen) atoms. The van der Waals surface area contributed by atoms with Gasteiger partial charge >= 0.3 is 6.18 Å². The summed E-state index contributed by atoms with van der Waals surface area (Å²) in [5, 5.41) is 0. The summed E-state index contributed by atoms with van der Waals surface area (Å²) in [6.45, 7) is 1.91. The predicted octanol–water partition coefficient (Wildman–Crippen LogP) is 3.01. The van der Waals surface area contributed by atoms with Gasteiger partial charge in [0.05, 0.1) is 12.2 Å². The molecule has 1 fully saturated rings. The predicted molar refractivity (Wildman–Crippen MR) is 73.2 cm³/mol. The molecule has 118 valence electrons. The van der Waals surface area contributed by atoms with E-state index < -0.39 is 11.7 Å². The Kier molecular flexibility index (Phi) is 5.47. The van der Waals surface area contributed by atoms with Gasteiger partial charge in [0.2, 0.25) is 0 Å². The third-order valence-corrected chi connectivity index (χ3v) is 3.60. The molecule has 0 saturated carbocycles. The van der Waals surface area contributed by atoms with Gasteiger partial charge in [-0.25, -0.2) is 0 Å². The highest BCUT2D eigenvalue weighted by molar-refractivity contribution is 5.39. The van der Waals surface area contributed by atoms with Crippen molar-refractivity contribution in [2.75, 3.05) is 26.4 Å². The van der Waals surface area contributed by atoms with Crippen molar-refractivity contribution in [2.45, 2.75) is 25.4 Å². The molecule has 2 N–H and O–H groups in total. The number of nitrogens with two attached hydrogens (primary N) is 1. The molecule has 0 spiro atoms. The first kappa shape index (κ1) is 16.1. The van der Waals surface area contributed by atoms with Crippen LogP contribution in [0.5, 0.6) is 5.75 Å². The van der Waals surface area contributed by atoms with Crippen molar-refractivity contribution in [1.82, 2.24) is 0 Å². The number of alkyl halides is 3. The zero-order valence-electron chi connectivity index (χ0n) is 11.8. The summed E-state index contributed by atoms with van der Waals surface area (Å²) >= 11 is 0. The van der Waals surface area contributed by atoms with Gasteiger partial charge in [0.25, 0.3) is 0 Å². The molecule has 1 aromatic carbocycles. The van der Waals surface area contributed by atoms with E-state index in [0.717, 1.165) is 18.9 Å². The lowest BCUT2D eigenvalue weighted by molar-refractivity contribution is -0.139. The molecular weight excluding hydrogens is 283 g/mol. The second-order valence-electron chi connectivity index (χ2n) is 5.23. The quantitative estimate of drug-likeness (QED) is 0.909. The van der Waals surface area contributed by atoms with Crippen molar-refractivity contribution in [3.05, 3.63) is 29.3 Å². The van der Waals surface area contributed by atoms with Crippen LogP contribution in [0.2, 0.25) is 0 Å². The van der Waals surface area contributed by atoms with Gasteiger partial charge in [-0.3, -0.25) is 0 Å². The summed E-state index contributed by atoms with van der Waals surface area (Å²) in [5.74, 6) is 0.151. The van der Waals surface area contributed by atoms with Gasteiger partial charge in [-0.05, 0) is 49.4 Å². The van der Waals surface area contributed by atoms with Crippen LogP contribution in [0.3, 0.4) is 0 Å². The smallest absolute Gasteiger partial charge is 0.419 e. The Bertz CT molecular complexity index is 457. The van der Waals surface area contributed by atoms with E-state index in [-0.39, 0.29) is 11.7 Å². The number of rotatable bonds is 5. The monoisotopic (exact) mass is 303 g/mol. The summed E-state index contributed by atoms with van der Waals surface area (Å²) < 4.78 is 50.0. The van der Waals surface area contributed by atoms with E-state index in [1.165, 1.54) is 6.07 Å². The molecule has 1 saturated heterocycles. The second kappa shape index (κ2) is 7.13. The standard InChI is InChI=1S/C15H20F3NO2/c16-15(17,18)13-9-11(3-6-19)1-2-14(13)21-10-12-4-7-20-8-5-12/h1-2,9,12H,3-8,10,19H2. The van der Waals surface area contributed by atoms with Crippen molar-refractivity contribution >= 4 is 0 Å². The number of hydrogen-bond acceptors (Lipinski definition) is 3. The van der Waals surface area contributed by atoms with E-state index in [0.29, 0.717) is 38.3 Å². The van der Waals surface area contributed by atoms with Crippen LogP contribution in [-0.2, 0) is 17.3 Å². The van der Waals surface area contributed by atoms with Crippen molar-refractivity contribution in [2.24, 2.45) is 11.7 Å². The van der Waals surface area contributed by atoms with Gasteiger partial charge in [0.15, 0.2) is 0 Å². The average Bonchev–Trinajstić information content (AvgIpc) is 2.46. The fourth-order valence-corrected chi connectivity index (χ4v) is 2.37. The van der Waals surface area contributed by atoms with E-state index in [2.05, 4.69) is 0 Å². The molecular formula is C15H20F3NO2. The Morgan fingerprint density at radius 3 is 2.57 bits per heavy atom. The molecule has 1 aliphatic heterocycles. The Labute approximate surface area is 122 Å². The minimum atomic E-state index is -4.42. The normalized spacial score (nSPS) is 17.0. The summed E-state index contributed by atoms with van der Waals surface area (Å²) in [7, 11) is 0. The largest absolute Gasteiger partial charge is 0.493 e. The van der Waals surface area contributed by atoms with Crippen molar-refractivity contribution in [3.63, 3.8) is 0 Å². The lowest BCUT2D eigenvalue weighted by Gasteiger charge is -2.23. The molecule has 1 heterocycles. The number of hydrogen-bond donors (Lipinski definition) is 1. The van der Waals surface area contributed by atoms with E-state index in [1.54, 1.807) is 6.07 Å². The maximum atomic E-state index is 13.1. The van der Waals surface area contributed by atoms with Gasteiger partial charge in [0.1, 0.15) is 5.75 Å². The van der Waals surface area contributed by atoms with Crippen LogP contribution < -0.4 is 10.5 Å². The van der Waals surface area contributed by atoms with Gasteiger partial charge < -0.3 is 15.2 Å². The molecule has 2 rings (SSSR count). The number of halogens is 3. The first-order valence-corrected chi connectivity index (χ1v) is 7.11. The van der Waals surface area contributed by atoms with Crippen molar-refractivity contribution in [3.8, 4) is 5.75 Å². The van der Waals surface area contributed by atoms with Crippen LogP contribution in [-0.4, -0.2) is 26.4 Å². The van der Waals surface area contributed by atoms with Gasteiger partial charge in [0, 0.05) is 13.2 Å². The molecule has 0 unspecified atom stereocenters. The summed E-state index contributed by atoms with van der Waals surface area (Å²) in [6.07, 6.45) is -2.35. The van der Waals surface area contributed by atoms with Crippen LogP contribution >= 0.6 is 0 Å². The molecule has 1 aromatic rings. The van der Waals surface area contributed by atoms with Crippen LogP contribution in [0, 0.1) is 5.92 Å². The highest BCUT2D eigenvalue weighted by atomic mass is 19.4. The highest BCUT2D eigenvalue weighted by Crippen LogP contribution is 2.37. The first-order valence-electron chi connectivity index (χ1n) is 7.11. The first-order chi connectivity index (χ1) is 10.0.